The van der Waals surface area contributed by atoms with Crippen LogP contribution in [0, 0.1) is 5.41 Å². The number of likely N-dealkylation sites (tertiary alicyclic amines) is 1. The molecule has 4 rings (SSSR count). The van der Waals surface area contributed by atoms with Crippen molar-refractivity contribution in [3.8, 4) is 23.0 Å². The molecular formula is C31H43ClN4O4. The first kappa shape index (κ1) is 31.3. The van der Waals surface area contributed by atoms with Gasteiger partial charge in [0.05, 0.1) is 19.2 Å². The normalized spacial score (nSPS) is 13.8. The number of hydrogen-bond donors (Lipinski definition) is 2. The van der Waals surface area contributed by atoms with E-state index >= 15 is 0 Å². The summed E-state index contributed by atoms with van der Waals surface area (Å²) in [5.74, 6) is 2.65. The average Bonchev–Trinajstić information content (AvgIpc) is 2.92. The summed E-state index contributed by atoms with van der Waals surface area (Å²) in [7, 11) is 1.64. The second-order valence-corrected chi connectivity index (χ2v) is 11.3. The van der Waals surface area contributed by atoms with Crippen LogP contribution in [0.25, 0.3) is 10.9 Å². The summed E-state index contributed by atoms with van der Waals surface area (Å²) in [5, 5.41) is 6.59. The molecule has 2 heterocycles. The number of amides is 2. The number of pyridine rings is 1. The van der Waals surface area contributed by atoms with E-state index in [9.17, 15) is 4.79 Å². The van der Waals surface area contributed by atoms with Crippen LogP contribution in [0.5, 0.6) is 23.0 Å². The smallest absolute Gasteiger partial charge is 0.319 e. The van der Waals surface area contributed by atoms with Crippen LogP contribution in [0.15, 0.2) is 48.7 Å². The summed E-state index contributed by atoms with van der Waals surface area (Å²) in [6.07, 6.45) is 7.55. The highest BCUT2D eigenvalue weighted by Gasteiger charge is 2.14. The van der Waals surface area contributed by atoms with E-state index in [0.29, 0.717) is 41.8 Å². The summed E-state index contributed by atoms with van der Waals surface area (Å²) in [4.78, 5) is 19.2. The lowest BCUT2D eigenvalue weighted by Crippen LogP contribution is -2.31. The molecule has 2 amide bonds. The minimum absolute atomic E-state index is 0. The maximum Gasteiger partial charge on any atom is 0.319 e. The van der Waals surface area contributed by atoms with Gasteiger partial charge >= 0.3 is 6.03 Å². The molecule has 9 heteroatoms. The Morgan fingerprint density at radius 3 is 2.45 bits per heavy atom. The van der Waals surface area contributed by atoms with Gasteiger partial charge in [-0.25, -0.2) is 4.79 Å². The number of nitrogens with one attached hydrogen (secondary N) is 2. The van der Waals surface area contributed by atoms with E-state index in [-0.39, 0.29) is 23.9 Å². The molecule has 1 aliphatic heterocycles. The first-order valence-corrected chi connectivity index (χ1v) is 14.0. The van der Waals surface area contributed by atoms with E-state index in [1.54, 1.807) is 13.3 Å². The second kappa shape index (κ2) is 15.0. The van der Waals surface area contributed by atoms with Crippen molar-refractivity contribution < 1.29 is 19.0 Å². The van der Waals surface area contributed by atoms with Crippen molar-refractivity contribution in [3.05, 3.63) is 48.7 Å². The van der Waals surface area contributed by atoms with Crippen molar-refractivity contribution in [2.24, 2.45) is 5.41 Å². The fourth-order valence-electron chi connectivity index (χ4n) is 4.60. The quantitative estimate of drug-likeness (QED) is 0.236. The minimum Gasteiger partial charge on any atom is -0.493 e. The van der Waals surface area contributed by atoms with E-state index in [1.165, 1.54) is 32.4 Å². The molecule has 0 saturated carbocycles. The van der Waals surface area contributed by atoms with Crippen LogP contribution in [0.3, 0.4) is 0 Å². The molecule has 2 aromatic carbocycles. The van der Waals surface area contributed by atoms with Crippen molar-refractivity contribution in [2.45, 2.75) is 52.9 Å². The number of anilines is 1. The van der Waals surface area contributed by atoms with Gasteiger partial charge in [-0.05, 0) is 80.6 Å². The lowest BCUT2D eigenvalue weighted by Gasteiger charge is -2.26. The van der Waals surface area contributed by atoms with Gasteiger partial charge in [-0.1, -0.05) is 27.2 Å². The standard InChI is InChI=1S/C31H42N4O4.ClH/c1-31(2,3)14-16-33-30(36)34-23-9-11-24(12-10-23)39-27-13-15-32-26-22-29(28(37-4)21-25(26)27)38-20-8-19-35-17-6-5-7-18-35;/h9-13,15,21-22H,5-8,14,16-20H2,1-4H3,(H2,33,34,36);1H. The van der Waals surface area contributed by atoms with Gasteiger partial charge in [-0.2, -0.15) is 0 Å². The molecule has 1 fully saturated rings. The topological polar surface area (TPSA) is 85.0 Å². The van der Waals surface area contributed by atoms with Crippen LogP contribution in [0.1, 0.15) is 52.9 Å². The Labute approximate surface area is 244 Å². The minimum atomic E-state index is -0.218. The number of urea groups is 1. The Kier molecular flexibility index (Phi) is 11.7. The van der Waals surface area contributed by atoms with Gasteiger partial charge in [0.2, 0.25) is 0 Å². The van der Waals surface area contributed by atoms with Gasteiger partial charge in [0, 0.05) is 36.4 Å². The number of methoxy groups -OCH3 is 1. The lowest BCUT2D eigenvalue weighted by atomic mass is 9.92. The number of halogens is 1. The first-order chi connectivity index (χ1) is 18.8. The van der Waals surface area contributed by atoms with Crippen molar-refractivity contribution in [1.82, 2.24) is 15.2 Å². The Morgan fingerprint density at radius 2 is 1.75 bits per heavy atom. The number of fused-ring (bicyclic) bond motifs is 1. The molecule has 1 saturated heterocycles. The zero-order valence-corrected chi connectivity index (χ0v) is 24.9. The number of piperidine rings is 1. The molecule has 0 radical (unpaired) electrons. The third-order valence-corrected chi connectivity index (χ3v) is 6.81. The molecule has 8 nitrogen and oxygen atoms in total. The molecule has 2 N–H and O–H groups in total. The summed E-state index contributed by atoms with van der Waals surface area (Å²) >= 11 is 0. The Morgan fingerprint density at radius 1 is 1.00 bits per heavy atom. The molecular weight excluding hydrogens is 528 g/mol. The van der Waals surface area contributed by atoms with Crippen molar-refractivity contribution in [3.63, 3.8) is 0 Å². The van der Waals surface area contributed by atoms with Gasteiger partial charge in [-0.3, -0.25) is 4.98 Å². The number of ether oxygens (including phenoxy) is 3. The van der Waals surface area contributed by atoms with Crippen LogP contribution in [0.2, 0.25) is 0 Å². The second-order valence-electron chi connectivity index (χ2n) is 11.3. The number of carbonyl (C=O) groups excluding carboxylic acids is 1. The Hall–Kier alpha value is -3.23. The number of rotatable bonds is 11. The maximum atomic E-state index is 12.2. The molecule has 0 bridgehead atoms. The summed E-state index contributed by atoms with van der Waals surface area (Å²) < 4.78 is 17.9. The summed E-state index contributed by atoms with van der Waals surface area (Å²) in [6, 6.07) is 12.7. The third kappa shape index (κ3) is 9.45. The number of carbonyl (C=O) groups is 1. The summed E-state index contributed by atoms with van der Waals surface area (Å²) in [5.41, 5.74) is 1.64. The first-order valence-electron chi connectivity index (χ1n) is 14.0. The van der Waals surface area contributed by atoms with Gasteiger partial charge in [0.15, 0.2) is 11.5 Å². The monoisotopic (exact) mass is 570 g/mol. The van der Waals surface area contributed by atoms with Crippen LogP contribution in [-0.4, -0.2) is 55.8 Å². The highest BCUT2D eigenvalue weighted by molar-refractivity contribution is 5.90. The molecule has 1 aliphatic rings. The fourth-order valence-corrected chi connectivity index (χ4v) is 4.60. The summed E-state index contributed by atoms with van der Waals surface area (Å²) in [6.45, 7) is 11.2. The molecule has 0 unspecified atom stereocenters. The van der Waals surface area contributed by atoms with E-state index in [0.717, 1.165) is 30.3 Å². The van der Waals surface area contributed by atoms with Crippen LogP contribution >= 0.6 is 12.4 Å². The molecule has 218 valence electrons. The Balaban J connectivity index is 0.00000441. The van der Waals surface area contributed by atoms with Crippen LogP contribution < -0.4 is 24.8 Å². The van der Waals surface area contributed by atoms with E-state index in [4.69, 9.17) is 14.2 Å². The van der Waals surface area contributed by atoms with E-state index in [2.05, 4.69) is 41.3 Å². The SMILES string of the molecule is COc1cc2c(Oc3ccc(NC(=O)NCCC(C)(C)C)cc3)ccnc2cc1OCCCN1CCCCC1.Cl. The van der Waals surface area contributed by atoms with Crippen LogP contribution in [-0.2, 0) is 0 Å². The van der Waals surface area contributed by atoms with Crippen molar-refractivity contribution >= 4 is 35.0 Å². The zero-order chi connectivity index (χ0) is 27.7. The maximum absolute atomic E-state index is 12.2. The average molecular weight is 571 g/mol. The van der Waals surface area contributed by atoms with Gasteiger partial charge < -0.3 is 29.7 Å². The van der Waals surface area contributed by atoms with Gasteiger partial charge in [0.25, 0.3) is 0 Å². The number of nitrogens with zero attached hydrogens (tertiary/aromatic N) is 2. The highest BCUT2D eigenvalue weighted by atomic mass is 35.5. The molecule has 0 spiro atoms. The van der Waals surface area contributed by atoms with Gasteiger partial charge in [-0.15, -0.1) is 12.4 Å². The van der Waals surface area contributed by atoms with Gasteiger partial charge in [0.1, 0.15) is 11.5 Å². The Bertz CT molecular complexity index is 1220. The van der Waals surface area contributed by atoms with E-state index < -0.39 is 0 Å². The molecule has 0 aliphatic carbocycles. The largest absolute Gasteiger partial charge is 0.493 e. The lowest BCUT2D eigenvalue weighted by molar-refractivity contribution is 0.203. The van der Waals surface area contributed by atoms with Crippen molar-refractivity contribution in [1.29, 1.82) is 0 Å². The predicted octanol–water partition coefficient (Wildman–Crippen LogP) is 7.27. The van der Waals surface area contributed by atoms with E-state index in [1.807, 2.05) is 42.5 Å². The molecule has 0 atom stereocenters. The predicted molar refractivity (Wildman–Crippen MR) is 164 cm³/mol. The zero-order valence-electron chi connectivity index (χ0n) is 24.1. The number of benzene rings is 2. The molecule has 1 aromatic heterocycles. The number of aromatic nitrogens is 1. The van der Waals surface area contributed by atoms with Crippen molar-refractivity contribution in [2.75, 3.05) is 45.2 Å². The molecule has 40 heavy (non-hydrogen) atoms. The van der Waals surface area contributed by atoms with Crippen LogP contribution in [0.4, 0.5) is 10.5 Å². The third-order valence-electron chi connectivity index (χ3n) is 6.81. The fraction of sp³-hybridized carbons (Fsp3) is 0.484. The molecule has 3 aromatic rings. The number of hydrogen-bond acceptors (Lipinski definition) is 6. The highest BCUT2D eigenvalue weighted by Crippen LogP contribution is 2.37.